The number of piperidine rings is 1. The SMILES string of the molecule is CN1CCN(C(=O)c2ccc(Nc3nc(N4CCCC(n5ccc6cc(C7CC7)ccc6c5=O)C4)cnc3C(N)=O)cc2)CC1. The molecule has 11 heteroatoms. The lowest BCUT2D eigenvalue weighted by atomic mass is 10.0. The molecule has 2 saturated heterocycles. The third-order valence-electron chi connectivity index (χ3n) is 9.30. The number of carbonyl (C=O) groups excluding carboxylic acids is 2. The number of nitrogens with two attached hydrogens (primary N) is 1. The number of rotatable bonds is 7. The monoisotopic (exact) mass is 606 g/mol. The number of hydrogen-bond acceptors (Lipinski definition) is 8. The molecule has 0 radical (unpaired) electrons. The summed E-state index contributed by atoms with van der Waals surface area (Å²) in [5.74, 6) is 0.789. The first kappa shape index (κ1) is 29.0. The number of hydrogen-bond donors (Lipinski definition) is 2. The number of aromatic nitrogens is 3. The molecule has 3 aliphatic rings. The van der Waals surface area contributed by atoms with E-state index in [9.17, 15) is 14.4 Å². The Labute approximate surface area is 261 Å². The van der Waals surface area contributed by atoms with E-state index < -0.39 is 5.91 Å². The first-order valence-corrected chi connectivity index (χ1v) is 15.8. The predicted octanol–water partition coefficient (Wildman–Crippen LogP) is 3.74. The van der Waals surface area contributed by atoms with E-state index in [4.69, 9.17) is 10.7 Å². The summed E-state index contributed by atoms with van der Waals surface area (Å²) in [5, 5.41) is 4.92. The van der Waals surface area contributed by atoms with E-state index in [0.29, 0.717) is 42.6 Å². The van der Waals surface area contributed by atoms with Gasteiger partial charge in [-0.05, 0) is 86.0 Å². The summed E-state index contributed by atoms with van der Waals surface area (Å²) in [6, 6.07) is 15.4. The highest BCUT2D eigenvalue weighted by atomic mass is 16.2. The number of likely N-dealkylation sites (N-methyl/N-ethyl adjacent to an activating group) is 1. The van der Waals surface area contributed by atoms with Gasteiger partial charge in [0.05, 0.1) is 12.2 Å². The summed E-state index contributed by atoms with van der Waals surface area (Å²) >= 11 is 0. The Morgan fingerprint density at radius 2 is 1.73 bits per heavy atom. The number of benzene rings is 2. The maximum atomic E-state index is 13.5. The van der Waals surface area contributed by atoms with E-state index in [2.05, 4.69) is 45.3 Å². The lowest BCUT2D eigenvalue weighted by molar-refractivity contribution is 0.0664. The molecule has 1 saturated carbocycles. The number of pyridine rings is 1. The lowest BCUT2D eigenvalue weighted by Crippen LogP contribution is -2.47. The largest absolute Gasteiger partial charge is 0.364 e. The lowest BCUT2D eigenvalue weighted by Gasteiger charge is -2.34. The highest BCUT2D eigenvalue weighted by Gasteiger charge is 2.27. The zero-order valence-electron chi connectivity index (χ0n) is 25.5. The molecule has 1 atom stereocenters. The van der Waals surface area contributed by atoms with Crippen LogP contribution in [0.1, 0.15) is 64.1 Å². The Morgan fingerprint density at radius 1 is 0.956 bits per heavy atom. The van der Waals surface area contributed by atoms with Gasteiger partial charge in [-0.25, -0.2) is 9.97 Å². The number of amides is 2. The number of fused-ring (bicyclic) bond motifs is 1. The second-order valence-corrected chi connectivity index (χ2v) is 12.5. The Balaban J connectivity index is 1.09. The van der Waals surface area contributed by atoms with Gasteiger partial charge < -0.3 is 30.3 Å². The van der Waals surface area contributed by atoms with Gasteiger partial charge >= 0.3 is 0 Å². The van der Waals surface area contributed by atoms with Crippen molar-refractivity contribution in [2.45, 2.75) is 37.6 Å². The van der Waals surface area contributed by atoms with Gasteiger partial charge in [-0.15, -0.1) is 0 Å². The predicted molar refractivity (Wildman–Crippen MR) is 174 cm³/mol. The van der Waals surface area contributed by atoms with Gasteiger partial charge in [-0.1, -0.05) is 12.1 Å². The van der Waals surface area contributed by atoms with Crippen molar-refractivity contribution in [2.75, 3.05) is 56.5 Å². The first-order valence-electron chi connectivity index (χ1n) is 15.8. The fraction of sp³-hybridized carbons (Fsp3) is 0.382. The van der Waals surface area contributed by atoms with Gasteiger partial charge in [0.2, 0.25) is 0 Å². The summed E-state index contributed by atoms with van der Waals surface area (Å²) in [6.45, 7) is 4.44. The van der Waals surface area contributed by atoms with Gasteiger partial charge in [-0.3, -0.25) is 14.4 Å². The number of carbonyl (C=O) groups is 2. The second kappa shape index (κ2) is 12.0. The number of nitrogens with one attached hydrogen (secondary N) is 1. The van der Waals surface area contributed by atoms with Gasteiger partial charge in [0.25, 0.3) is 17.4 Å². The molecule has 232 valence electrons. The van der Waals surface area contributed by atoms with Crippen molar-refractivity contribution in [1.82, 2.24) is 24.3 Å². The van der Waals surface area contributed by atoms with Crippen LogP contribution in [0.25, 0.3) is 10.8 Å². The van der Waals surface area contributed by atoms with Crippen molar-refractivity contribution in [1.29, 1.82) is 0 Å². The first-order chi connectivity index (χ1) is 21.8. The van der Waals surface area contributed by atoms with Gasteiger partial charge in [0.15, 0.2) is 11.5 Å². The van der Waals surface area contributed by atoms with Crippen LogP contribution >= 0.6 is 0 Å². The van der Waals surface area contributed by atoms with Gasteiger partial charge in [0, 0.05) is 62.1 Å². The molecule has 1 unspecified atom stereocenters. The normalized spacial score (nSPS) is 19.1. The minimum Gasteiger partial charge on any atom is -0.364 e. The second-order valence-electron chi connectivity index (χ2n) is 12.5. The molecule has 7 rings (SSSR count). The molecular formula is C34H38N8O3. The molecule has 2 aromatic heterocycles. The van der Waals surface area contributed by atoms with E-state index in [1.807, 2.05) is 21.7 Å². The highest BCUT2D eigenvalue weighted by Crippen LogP contribution is 2.40. The number of piperazine rings is 1. The van der Waals surface area contributed by atoms with Gasteiger partial charge in [0.1, 0.15) is 5.82 Å². The van der Waals surface area contributed by atoms with Crippen molar-refractivity contribution in [3.05, 3.63) is 88.1 Å². The maximum absolute atomic E-state index is 13.5. The van der Waals surface area contributed by atoms with Gasteiger partial charge in [-0.2, -0.15) is 0 Å². The summed E-state index contributed by atoms with van der Waals surface area (Å²) in [5.41, 5.74) is 8.29. The smallest absolute Gasteiger partial charge is 0.271 e. The third-order valence-corrected chi connectivity index (χ3v) is 9.30. The van der Waals surface area contributed by atoms with Crippen LogP contribution in [-0.2, 0) is 0 Å². The van der Waals surface area contributed by atoms with E-state index in [1.165, 1.54) is 18.4 Å². The number of primary amides is 1. The molecule has 3 N–H and O–H groups in total. The van der Waals surface area contributed by atoms with Crippen molar-refractivity contribution < 1.29 is 9.59 Å². The summed E-state index contributed by atoms with van der Waals surface area (Å²) in [6.07, 6.45) is 7.69. The van der Waals surface area contributed by atoms with E-state index >= 15 is 0 Å². The number of anilines is 3. The van der Waals surface area contributed by atoms with Crippen molar-refractivity contribution >= 4 is 39.9 Å². The van der Waals surface area contributed by atoms with Crippen molar-refractivity contribution in [3.8, 4) is 0 Å². The minimum absolute atomic E-state index is 0.00226. The van der Waals surface area contributed by atoms with Crippen molar-refractivity contribution in [3.63, 3.8) is 0 Å². The van der Waals surface area contributed by atoms with E-state index in [0.717, 1.165) is 43.2 Å². The summed E-state index contributed by atoms with van der Waals surface area (Å²) in [4.78, 5) is 54.1. The van der Waals surface area contributed by atoms with Crippen LogP contribution in [0.15, 0.2) is 65.7 Å². The van der Waals surface area contributed by atoms with Crippen LogP contribution in [0.3, 0.4) is 0 Å². The number of nitrogens with zero attached hydrogens (tertiary/aromatic N) is 6. The molecule has 11 nitrogen and oxygen atoms in total. The molecule has 4 aromatic rings. The topological polar surface area (TPSA) is 130 Å². The molecule has 3 fully saturated rings. The highest BCUT2D eigenvalue weighted by molar-refractivity contribution is 5.97. The van der Waals surface area contributed by atoms with E-state index in [1.54, 1.807) is 30.5 Å². The average Bonchev–Trinajstić information content (AvgIpc) is 3.91. The van der Waals surface area contributed by atoms with Crippen LogP contribution in [0.2, 0.25) is 0 Å². The fourth-order valence-electron chi connectivity index (χ4n) is 6.45. The van der Waals surface area contributed by atoms with Crippen molar-refractivity contribution in [2.24, 2.45) is 5.73 Å². The summed E-state index contributed by atoms with van der Waals surface area (Å²) in [7, 11) is 2.06. The standard InChI is InChI=1S/C34H38N8O3/c1-39-15-17-40(18-16-39)33(44)23-6-9-26(10-7-23)37-32-30(31(35)43)36-20-29(38-32)41-13-2-3-27(21-41)42-14-12-25-19-24(22-4-5-22)8-11-28(25)34(42)45/h6-12,14,19-20,22,27H,2-5,13,15-18,21H2,1H3,(H2,35,43)(H,37,38). The Bertz CT molecular complexity index is 1810. The zero-order chi connectivity index (χ0) is 31.1. The Hall–Kier alpha value is -4.77. The molecule has 2 aromatic carbocycles. The molecular weight excluding hydrogens is 568 g/mol. The average molecular weight is 607 g/mol. The van der Waals surface area contributed by atoms with E-state index in [-0.39, 0.29) is 29.0 Å². The molecule has 0 spiro atoms. The molecule has 4 heterocycles. The molecule has 1 aliphatic carbocycles. The van der Waals surface area contributed by atoms with Crippen LogP contribution in [0.4, 0.5) is 17.3 Å². The molecule has 2 aliphatic heterocycles. The minimum atomic E-state index is -0.692. The van der Waals surface area contributed by atoms with Crippen LogP contribution in [-0.4, -0.2) is 82.5 Å². The van der Waals surface area contributed by atoms with Crippen LogP contribution in [0, 0.1) is 0 Å². The fourth-order valence-corrected chi connectivity index (χ4v) is 6.45. The zero-order valence-corrected chi connectivity index (χ0v) is 25.5. The molecule has 0 bridgehead atoms. The van der Waals surface area contributed by atoms with Crippen LogP contribution < -0.4 is 21.5 Å². The Morgan fingerprint density at radius 3 is 2.47 bits per heavy atom. The summed E-state index contributed by atoms with van der Waals surface area (Å²) < 4.78 is 1.85. The maximum Gasteiger partial charge on any atom is 0.271 e. The van der Waals surface area contributed by atoms with Crippen LogP contribution in [0.5, 0.6) is 0 Å². The third kappa shape index (κ3) is 6.00. The Kier molecular flexibility index (Phi) is 7.70. The molecule has 2 amide bonds. The quantitative estimate of drug-likeness (QED) is 0.326. The molecule has 45 heavy (non-hydrogen) atoms.